The van der Waals surface area contributed by atoms with Crippen LogP contribution in [-0.4, -0.2) is 75.9 Å². The fourth-order valence-corrected chi connectivity index (χ4v) is 4.05. The maximum Gasteiger partial charge on any atom is 0.407 e. The Morgan fingerprint density at radius 1 is 0.750 bits per heavy atom. The molecule has 0 radical (unpaired) electrons. The van der Waals surface area contributed by atoms with Gasteiger partial charge in [0.15, 0.2) is 0 Å². The lowest BCUT2D eigenvalue weighted by molar-refractivity contribution is 0.172. The standard InChI is InChI=1S/C14H18N2.C8H12N2O2.C6H16N2.C2Cl4O2/c1-15(2)12-9-5-7-11-8-6-10-13(14(11)12)16(3)4;11-7-9-5-3-1-2-4-6-10-8-12;7-5-3-1-2-4-6-8;3-1(7)8-2(4,5)6/h5-10H,1-4H3;1-6H2;1-8H2;. The summed E-state index contributed by atoms with van der Waals surface area (Å²) >= 11 is 19.4. The fourth-order valence-electron chi connectivity index (χ4n) is 3.61. The summed E-state index contributed by atoms with van der Waals surface area (Å²) in [7, 11) is 8.34. The van der Waals surface area contributed by atoms with Crippen LogP contribution in [0.4, 0.5) is 16.2 Å². The summed E-state index contributed by atoms with van der Waals surface area (Å²) in [6.07, 6.45) is 11.6. The molecular weight excluding hydrogens is 650 g/mol. The number of carbonyl (C=O) groups excluding carboxylic acids is 3. The second-order valence-corrected chi connectivity index (χ2v) is 12.1. The number of ether oxygens (including phenoxy) is 1. The average molecular weight is 697 g/mol. The number of isocyanates is 2. The van der Waals surface area contributed by atoms with Crippen molar-refractivity contribution in [2.75, 3.05) is 64.2 Å². The number of hydrogen-bond acceptors (Lipinski definition) is 10. The Labute approximate surface area is 281 Å². The first-order valence-electron chi connectivity index (χ1n) is 14.1. The zero-order chi connectivity index (χ0) is 33.8. The lowest BCUT2D eigenvalue weighted by atomic mass is 10.1. The lowest BCUT2D eigenvalue weighted by Crippen LogP contribution is -2.13. The molecule has 0 fully saturated rings. The van der Waals surface area contributed by atoms with Gasteiger partial charge >= 0.3 is 9.41 Å². The molecule has 0 aromatic heterocycles. The Bertz CT molecular complexity index is 1070. The molecule has 4 N–H and O–H groups in total. The lowest BCUT2D eigenvalue weighted by Gasteiger charge is -2.21. The molecule has 0 spiro atoms. The van der Waals surface area contributed by atoms with Crippen molar-refractivity contribution in [2.24, 2.45) is 21.5 Å². The molecule has 2 aromatic rings. The second-order valence-electron chi connectivity index (χ2n) is 9.58. The van der Waals surface area contributed by atoms with E-state index in [1.165, 1.54) is 47.1 Å². The van der Waals surface area contributed by atoms with Gasteiger partial charge in [0.2, 0.25) is 12.2 Å². The molecule has 44 heavy (non-hydrogen) atoms. The maximum atomic E-state index is 9.75. The molecule has 0 amide bonds. The summed E-state index contributed by atoms with van der Waals surface area (Å²) in [5, 5.41) is 2.61. The third-order valence-corrected chi connectivity index (χ3v) is 5.91. The van der Waals surface area contributed by atoms with Crippen molar-refractivity contribution in [3.8, 4) is 0 Å². The van der Waals surface area contributed by atoms with Crippen LogP contribution in [0.1, 0.15) is 51.4 Å². The largest absolute Gasteiger partial charge is 0.407 e. The third-order valence-electron chi connectivity index (χ3n) is 5.60. The van der Waals surface area contributed by atoms with Crippen molar-refractivity contribution < 1.29 is 19.1 Å². The zero-order valence-corrected chi connectivity index (χ0v) is 29.1. The minimum Gasteiger partial charge on any atom is -0.402 e. The quantitative estimate of drug-likeness (QED) is 0.0687. The van der Waals surface area contributed by atoms with Crippen molar-refractivity contribution in [3.05, 3.63) is 36.4 Å². The molecule has 2 aromatic carbocycles. The van der Waals surface area contributed by atoms with Crippen molar-refractivity contribution >= 4 is 86.1 Å². The number of anilines is 2. The first kappa shape index (κ1) is 43.7. The molecule has 0 atom stereocenters. The van der Waals surface area contributed by atoms with Gasteiger partial charge < -0.3 is 26.0 Å². The van der Waals surface area contributed by atoms with Gasteiger partial charge in [0, 0.05) is 56.6 Å². The Morgan fingerprint density at radius 2 is 1.14 bits per heavy atom. The number of nitrogens with two attached hydrogens (primary N) is 2. The van der Waals surface area contributed by atoms with Crippen LogP contribution in [0.25, 0.3) is 10.8 Å². The van der Waals surface area contributed by atoms with E-state index >= 15 is 0 Å². The van der Waals surface area contributed by atoms with E-state index in [0.29, 0.717) is 13.1 Å². The number of nitrogens with zero attached hydrogens (tertiary/aromatic N) is 4. The van der Waals surface area contributed by atoms with E-state index < -0.39 is 9.41 Å². The van der Waals surface area contributed by atoms with Crippen LogP contribution < -0.4 is 21.3 Å². The molecule has 2 rings (SSSR count). The number of benzene rings is 2. The number of halogens is 4. The highest BCUT2D eigenvalue weighted by molar-refractivity contribution is 6.69. The van der Waals surface area contributed by atoms with E-state index in [9.17, 15) is 14.4 Å². The van der Waals surface area contributed by atoms with Crippen molar-refractivity contribution in [1.29, 1.82) is 0 Å². The Morgan fingerprint density at radius 3 is 1.41 bits per heavy atom. The van der Waals surface area contributed by atoms with Crippen LogP contribution >= 0.6 is 46.4 Å². The molecule has 10 nitrogen and oxygen atoms in total. The minimum absolute atomic E-state index is 0.556. The van der Waals surface area contributed by atoms with Gasteiger partial charge in [-0.05, 0) is 91.1 Å². The number of fused-ring (bicyclic) bond motifs is 1. The topological polar surface area (TPSA) is 144 Å². The SMILES string of the molecule is CN(C)c1cccc2cccc(N(C)C)c12.NCCCCCCN.O=C(Cl)OC(Cl)(Cl)Cl.O=C=NCCCCCCN=C=O. The predicted molar refractivity (Wildman–Crippen MR) is 186 cm³/mol. The summed E-state index contributed by atoms with van der Waals surface area (Å²) in [4.78, 5) is 40.2. The van der Waals surface area contributed by atoms with Crippen LogP contribution in [0, 0.1) is 0 Å². The highest BCUT2D eigenvalue weighted by atomic mass is 35.6. The van der Waals surface area contributed by atoms with Gasteiger partial charge in [-0.2, -0.15) is 0 Å². The number of rotatable bonds is 14. The van der Waals surface area contributed by atoms with Gasteiger partial charge in [0.1, 0.15) is 0 Å². The normalized spacial score (nSPS) is 9.86. The number of carbonyl (C=O) groups is 1. The van der Waals surface area contributed by atoms with Crippen LogP contribution in [-0.2, 0) is 14.3 Å². The van der Waals surface area contributed by atoms with Crippen LogP contribution in [0.2, 0.25) is 0 Å². The van der Waals surface area contributed by atoms with Gasteiger partial charge in [-0.25, -0.2) is 24.4 Å². The maximum absolute atomic E-state index is 9.75. The van der Waals surface area contributed by atoms with Gasteiger partial charge in [-0.1, -0.05) is 49.9 Å². The predicted octanol–water partition coefficient (Wildman–Crippen LogP) is 7.34. The Balaban J connectivity index is 0. The van der Waals surface area contributed by atoms with Crippen molar-refractivity contribution in [1.82, 2.24) is 0 Å². The monoisotopic (exact) mass is 694 g/mol. The van der Waals surface area contributed by atoms with Gasteiger partial charge in [0.05, 0.1) is 13.1 Å². The molecule has 0 saturated heterocycles. The van der Waals surface area contributed by atoms with E-state index in [4.69, 9.17) is 46.3 Å². The molecule has 248 valence electrons. The molecule has 0 aliphatic heterocycles. The number of unbranched alkanes of at least 4 members (excludes halogenated alkanes) is 6. The average Bonchev–Trinajstić information content (AvgIpc) is 2.96. The molecule has 0 aliphatic carbocycles. The molecule has 0 bridgehead atoms. The molecule has 0 heterocycles. The molecule has 0 aliphatic rings. The number of alkyl halides is 3. The Hall–Kier alpha value is -2.39. The van der Waals surface area contributed by atoms with E-state index in [2.05, 4.69) is 101 Å². The summed E-state index contributed by atoms with van der Waals surface area (Å²) < 4.78 is 1.82. The van der Waals surface area contributed by atoms with E-state index in [0.717, 1.165) is 51.6 Å². The van der Waals surface area contributed by atoms with Crippen molar-refractivity contribution in [2.45, 2.75) is 55.3 Å². The van der Waals surface area contributed by atoms with Crippen LogP contribution in [0.3, 0.4) is 0 Å². The zero-order valence-electron chi connectivity index (χ0n) is 26.0. The second kappa shape index (κ2) is 28.1. The number of aliphatic imine (C=N–C) groups is 2. The van der Waals surface area contributed by atoms with Gasteiger partial charge in [-0.15, -0.1) is 0 Å². The van der Waals surface area contributed by atoms with E-state index in [-0.39, 0.29) is 0 Å². The first-order chi connectivity index (χ1) is 20.9. The highest BCUT2D eigenvalue weighted by Crippen LogP contribution is 2.33. The first-order valence-corrected chi connectivity index (χ1v) is 15.7. The Kier molecular flexibility index (Phi) is 27.9. The molecule has 14 heteroatoms. The van der Waals surface area contributed by atoms with Crippen molar-refractivity contribution in [3.63, 3.8) is 0 Å². The highest BCUT2D eigenvalue weighted by Gasteiger charge is 2.23. The van der Waals surface area contributed by atoms with Crippen LogP contribution in [0.5, 0.6) is 0 Å². The minimum atomic E-state index is -2.04. The van der Waals surface area contributed by atoms with Crippen LogP contribution in [0.15, 0.2) is 46.4 Å². The third kappa shape index (κ3) is 25.0. The summed E-state index contributed by atoms with van der Waals surface area (Å²) in [5.74, 6) is 0. The molecule has 0 saturated carbocycles. The van der Waals surface area contributed by atoms with Gasteiger partial charge in [0.25, 0.3) is 0 Å². The number of hydrogen-bond donors (Lipinski definition) is 2. The molecular formula is C30H46Cl4N6O4. The van der Waals surface area contributed by atoms with E-state index in [1.807, 2.05) is 0 Å². The summed E-state index contributed by atoms with van der Waals surface area (Å²) in [6.45, 7) is 2.76. The van der Waals surface area contributed by atoms with Gasteiger partial charge in [-0.3, -0.25) is 0 Å². The smallest absolute Gasteiger partial charge is 0.402 e. The fraction of sp³-hybridized carbons (Fsp3) is 0.567. The van der Waals surface area contributed by atoms with E-state index in [1.54, 1.807) is 0 Å². The molecule has 0 unspecified atom stereocenters. The summed E-state index contributed by atoms with van der Waals surface area (Å²) in [5.41, 5.74) is 11.9. The summed E-state index contributed by atoms with van der Waals surface area (Å²) in [6, 6.07) is 12.9.